The fourth-order valence-corrected chi connectivity index (χ4v) is 5.78. The van der Waals surface area contributed by atoms with Gasteiger partial charge in [0.2, 0.25) is 17.7 Å². The first-order valence-electron chi connectivity index (χ1n) is 10.9. The number of carbonyl (C=O) groups excluding carboxylic acids is 3. The number of rotatable bonds is 6. The van der Waals surface area contributed by atoms with Crippen LogP contribution in [0, 0.1) is 23.7 Å². The van der Waals surface area contributed by atoms with Gasteiger partial charge < -0.3 is 10.1 Å². The molecular formula is C25H26N2O4. The van der Waals surface area contributed by atoms with E-state index < -0.39 is 6.04 Å². The van der Waals surface area contributed by atoms with E-state index in [1.54, 1.807) is 31.4 Å². The Hall–Kier alpha value is -3.15. The molecule has 3 fully saturated rings. The summed E-state index contributed by atoms with van der Waals surface area (Å²) in [6.07, 6.45) is 3.30. The number of benzene rings is 2. The lowest BCUT2D eigenvalue weighted by molar-refractivity contribution is -0.147. The van der Waals surface area contributed by atoms with Crippen molar-refractivity contribution >= 4 is 23.4 Å². The second-order valence-corrected chi connectivity index (χ2v) is 8.85. The van der Waals surface area contributed by atoms with Gasteiger partial charge in [0.25, 0.3) is 0 Å². The summed E-state index contributed by atoms with van der Waals surface area (Å²) in [6.45, 7) is 0. The third-order valence-electron chi connectivity index (χ3n) is 7.21. The number of ether oxygens (including phenoxy) is 1. The van der Waals surface area contributed by atoms with Crippen LogP contribution in [0.1, 0.15) is 24.8 Å². The van der Waals surface area contributed by atoms with Crippen molar-refractivity contribution in [3.63, 3.8) is 0 Å². The van der Waals surface area contributed by atoms with Crippen LogP contribution >= 0.6 is 0 Å². The lowest BCUT2D eigenvalue weighted by Gasteiger charge is -2.27. The van der Waals surface area contributed by atoms with Crippen LogP contribution in [0.5, 0.6) is 5.75 Å². The number of likely N-dealkylation sites (tertiary alicyclic amines) is 1. The molecule has 3 amide bonds. The molecule has 160 valence electrons. The standard InChI is InChI=1S/C25H26N2O4/c1-31-19-11-9-18(10-12-19)26-23(28)20(13-15-5-3-2-4-6-15)27-24(29)21-16-7-8-17(14-16)22(21)25(27)30/h2-6,9-12,16-17,20-22H,7-8,13-14H2,1H3,(H,26,28)/t16-,17-,20+,21-,22-/m0/s1. The average molecular weight is 418 g/mol. The fourth-order valence-electron chi connectivity index (χ4n) is 5.78. The van der Waals surface area contributed by atoms with Gasteiger partial charge in [0.05, 0.1) is 18.9 Å². The summed E-state index contributed by atoms with van der Waals surface area (Å²) < 4.78 is 5.17. The van der Waals surface area contributed by atoms with Crippen LogP contribution < -0.4 is 10.1 Å². The minimum atomic E-state index is -0.866. The number of hydrogen-bond donors (Lipinski definition) is 1. The predicted molar refractivity (Wildman–Crippen MR) is 115 cm³/mol. The Bertz CT molecular complexity index is 976. The molecule has 0 spiro atoms. The van der Waals surface area contributed by atoms with Crippen LogP contribution in [0.4, 0.5) is 5.69 Å². The van der Waals surface area contributed by atoms with Crippen molar-refractivity contribution < 1.29 is 19.1 Å². The molecule has 5 rings (SSSR count). The highest BCUT2D eigenvalue weighted by Crippen LogP contribution is 2.56. The molecule has 31 heavy (non-hydrogen) atoms. The number of imide groups is 1. The second-order valence-electron chi connectivity index (χ2n) is 8.85. The van der Waals surface area contributed by atoms with Crippen molar-refractivity contribution in [2.24, 2.45) is 23.7 Å². The highest BCUT2D eigenvalue weighted by Gasteiger charge is 2.62. The van der Waals surface area contributed by atoms with E-state index in [-0.39, 0.29) is 29.6 Å². The maximum Gasteiger partial charge on any atom is 0.248 e. The van der Waals surface area contributed by atoms with Gasteiger partial charge in [0.15, 0.2) is 0 Å². The van der Waals surface area contributed by atoms with Gasteiger partial charge >= 0.3 is 0 Å². The molecule has 1 saturated heterocycles. The minimum absolute atomic E-state index is 0.159. The summed E-state index contributed by atoms with van der Waals surface area (Å²) >= 11 is 0. The zero-order valence-corrected chi connectivity index (χ0v) is 17.5. The van der Waals surface area contributed by atoms with Gasteiger partial charge in [-0.25, -0.2) is 0 Å². The molecule has 0 radical (unpaired) electrons. The molecular weight excluding hydrogens is 392 g/mol. The molecule has 2 aliphatic carbocycles. The molecule has 0 unspecified atom stereocenters. The summed E-state index contributed by atoms with van der Waals surface area (Å²) in [7, 11) is 1.58. The summed E-state index contributed by atoms with van der Waals surface area (Å²) in [5.74, 6) is 0.129. The zero-order valence-electron chi connectivity index (χ0n) is 17.5. The smallest absolute Gasteiger partial charge is 0.248 e. The van der Waals surface area contributed by atoms with Gasteiger partial charge in [-0.3, -0.25) is 19.3 Å². The molecule has 2 aromatic carbocycles. The highest BCUT2D eigenvalue weighted by molar-refractivity contribution is 6.10. The number of nitrogens with zero attached hydrogens (tertiary/aromatic N) is 1. The first kappa shape index (κ1) is 19.8. The maximum absolute atomic E-state index is 13.4. The topological polar surface area (TPSA) is 75.7 Å². The van der Waals surface area contributed by atoms with Gasteiger partial charge in [-0.1, -0.05) is 30.3 Å². The Morgan fingerprint density at radius 2 is 1.61 bits per heavy atom. The quantitative estimate of drug-likeness (QED) is 0.731. The number of hydrogen-bond acceptors (Lipinski definition) is 4. The number of anilines is 1. The van der Waals surface area contributed by atoms with Crippen molar-refractivity contribution in [1.82, 2.24) is 4.90 Å². The number of amides is 3. The Kier molecular flexibility index (Phi) is 5.00. The van der Waals surface area contributed by atoms with Crippen molar-refractivity contribution in [1.29, 1.82) is 0 Å². The minimum Gasteiger partial charge on any atom is -0.497 e. The van der Waals surface area contributed by atoms with E-state index in [1.165, 1.54) is 4.90 Å². The second kappa shape index (κ2) is 7.84. The summed E-state index contributed by atoms with van der Waals surface area (Å²) in [4.78, 5) is 41.4. The first-order valence-corrected chi connectivity index (χ1v) is 10.9. The molecule has 0 aromatic heterocycles. The van der Waals surface area contributed by atoms with E-state index in [0.29, 0.717) is 29.7 Å². The van der Waals surface area contributed by atoms with Gasteiger partial charge in [-0.05, 0) is 60.9 Å². The first-order chi connectivity index (χ1) is 15.1. The SMILES string of the molecule is COc1ccc(NC(=O)[C@@H](Cc2ccccc2)N2C(=O)[C@H]3[C@H]4CC[C@@H](C4)[C@@H]3C2=O)cc1. The van der Waals surface area contributed by atoms with Crippen LogP contribution in [-0.4, -0.2) is 35.8 Å². The molecule has 1 heterocycles. The normalized spacial score (nSPS) is 27.3. The van der Waals surface area contributed by atoms with E-state index in [4.69, 9.17) is 4.74 Å². The molecule has 6 nitrogen and oxygen atoms in total. The van der Waals surface area contributed by atoms with E-state index in [2.05, 4.69) is 5.32 Å². The fraction of sp³-hybridized carbons (Fsp3) is 0.400. The molecule has 5 atom stereocenters. The van der Waals surface area contributed by atoms with E-state index >= 15 is 0 Å². The van der Waals surface area contributed by atoms with Gasteiger partial charge in [-0.2, -0.15) is 0 Å². The number of nitrogens with one attached hydrogen (secondary N) is 1. The van der Waals surface area contributed by atoms with Crippen LogP contribution in [0.15, 0.2) is 54.6 Å². The van der Waals surface area contributed by atoms with Crippen molar-refractivity contribution in [3.8, 4) is 5.75 Å². The molecule has 1 N–H and O–H groups in total. The van der Waals surface area contributed by atoms with Crippen molar-refractivity contribution in [2.45, 2.75) is 31.7 Å². The molecule has 1 aliphatic heterocycles. The highest BCUT2D eigenvalue weighted by atomic mass is 16.5. The lowest BCUT2D eigenvalue weighted by atomic mass is 9.81. The van der Waals surface area contributed by atoms with Gasteiger partial charge in [-0.15, -0.1) is 0 Å². The van der Waals surface area contributed by atoms with Crippen LogP contribution in [0.2, 0.25) is 0 Å². The van der Waals surface area contributed by atoms with Crippen LogP contribution in [0.3, 0.4) is 0 Å². The Labute approximate surface area is 181 Å². The molecule has 2 saturated carbocycles. The van der Waals surface area contributed by atoms with Gasteiger partial charge in [0, 0.05) is 12.1 Å². The zero-order chi connectivity index (χ0) is 21.5. The Morgan fingerprint density at radius 1 is 1.00 bits per heavy atom. The lowest BCUT2D eigenvalue weighted by Crippen LogP contribution is -2.49. The molecule has 6 heteroatoms. The van der Waals surface area contributed by atoms with Crippen molar-refractivity contribution in [2.75, 3.05) is 12.4 Å². The van der Waals surface area contributed by atoms with E-state index in [0.717, 1.165) is 24.8 Å². The summed E-state index contributed by atoms with van der Waals surface area (Å²) in [6, 6.07) is 15.7. The molecule has 2 bridgehead atoms. The van der Waals surface area contributed by atoms with E-state index in [9.17, 15) is 14.4 Å². The van der Waals surface area contributed by atoms with Crippen molar-refractivity contribution in [3.05, 3.63) is 60.2 Å². The monoisotopic (exact) mass is 418 g/mol. The third-order valence-corrected chi connectivity index (χ3v) is 7.21. The number of methoxy groups -OCH3 is 1. The Morgan fingerprint density at radius 3 is 2.19 bits per heavy atom. The van der Waals surface area contributed by atoms with Crippen LogP contribution in [-0.2, 0) is 20.8 Å². The van der Waals surface area contributed by atoms with E-state index in [1.807, 2.05) is 30.3 Å². The number of carbonyl (C=O) groups is 3. The predicted octanol–water partition coefficient (Wildman–Crippen LogP) is 3.28. The summed E-state index contributed by atoms with van der Waals surface area (Å²) in [5.41, 5.74) is 1.52. The van der Waals surface area contributed by atoms with Gasteiger partial charge in [0.1, 0.15) is 11.8 Å². The largest absolute Gasteiger partial charge is 0.497 e. The average Bonchev–Trinajstić information content (AvgIpc) is 3.47. The molecule has 2 aromatic rings. The maximum atomic E-state index is 13.4. The van der Waals surface area contributed by atoms with Crippen LogP contribution in [0.25, 0.3) is 0 Å². The Balaban J connectivity index is 1.43. The third kappa shape index (κ3) is 3.40. The molecule has 3 aliphatic rings. The number of fused-ring (bicyclic) bond motifs is 5. The summed E-state index contributed by atoms with van der Waals surface area (Å²) in [5, 5.41) is 2.89.